The zero-order chi connectivity index (χ0) is 16.0. The lowest BCUT2D eigenvalue weighted by atomic mass is 10.0. The van der Waals surface area contributed by atoms with Crippen molar-refractivity contribution >= 4 is 5.91 Å². The fourth-order valence-electron chi connectivity index (χ4n) is 1.71. The van der Waals surface area contributed by atoms with Gasteiger partial charge in [-0.1, -0.05) is 6.92 Å². The molecule has 21 heavy (non-hydrogen) atoms. The molecule has 1 aromatic rings. The minimum absolute atomic E-state index is 0.166. The van der Waals surface area contributed by atoms with E-state index in [1.54, 1.807) is 19.1 Å². The molecule has 0 aliphatic rings. The van der Waals surface area contributed by atoms with Gasteiger partial charge in [0.25, 0.3) is 5.91 Å². The average molecular weight is 297 g/mol. The minimum Gasteiger partial charge on any atom is -0.493 e. The molecule has 118 valence electrons. The Bertz CT molecular complexity index is 474. The van der Waals surface area contributed by atoms with Crippen molar-refractivity contribution in [1.29, 1.82) is 0 Å². The van der Waals surface area contributed by atoms with Crippen molar-refractivity contribution in [2.75, 3.05) is 27.9 Å². The van der Waals surface area contributed by atoms with Crippen molar-refractivity contribution in [3.8, 4) is 17.2 Å². The highest BCUT2D eigenvalue weighted by atomic mass is 16.5. The Labute approximate surface area is 125 Å². The predicted molar refractivity (Wildman–Crippen MR) is 79.3 cm³/mol. The molecule has 0 saturated carbocycles. The maximum absolute atomic E-state index is 12.2. The summed E-state index contributed by atoms with van der Waals surface area (Å²) in [6.07, 6.45) is 0.544. The normalized spacial score (nSPS) is 13.2. The van der Waals surface area contributed by atoms with Crippen LogP contribution in [-0.4, -0.2) is 44.5 Å². The largest absolute Gasteiger partial charge is 0.493 e. The van der Waals surface area contributed by atoms with Crippen LogP contribution in [0.5, 0.6) is 17.2 Å². The van der Waals surface area contributed by atoms with Gasteiger partial charge in [-0.15, -0.1) is 0 Å². The van der Waals surface area contributed by atoms with Crippen LogP contribution in [0.1, 0.15) is 30.6 Å². The second-order valence-corrected chi connectivity index (χ2v) is 4.95. The smallest absolute Gasteiger partial charge is 0.251 e. The second kappa shape index (κ2) is 7.17. The number of ether oxygens (including phenoxy) is 3. The van der Waals surface area contributed by atoms with E-state index in [2.05, 4.69) is 5.32 Å². The number of benzene rings is 1. The molecule has 0 bridgehead atoms. The highest BCUT2D eigenvalue weighted by molar-refractivity contribution is 5.95. The average Bonchev–Trinajstić information content (AvgIpc) is 2.50. The zero-order valence-corrected chi connectivity index (χ0v) is 13.1. The first kappa shape index (κ1) is 17.1. The number of carbonyl (C=O) groups is 1. The first-order valence-electron chi connectivity index (χ1n) is 6.69. The summed E-state index contributed by atoms with van der Waals surface area (Å²) in [5, 5.41) is 12.6. The summed E-state index contributed by atoms with van der Waals surface area (Å²) in [5.41, 5.74) is -0.563. The quantitative estimate of drug-likeness (QED) is 0.799. The molecular weight excluding hydrogens is 274 g/mol. The fourth-order valence-corrected chi connectivity index (χ4v) is 1.71. The van der Waals surface area contributed by atoms with E-state index in [9.17, 15) is 9.90 Å². The summed E-state index contributed by atoms with van der Waals surface area (Å²) in [4.78, 5) is 12.2. The molecule has 2 N–H and O–H groups in total. The van der Waals surface area contributed by atoms with Crippen LogP contribution < -0.4 is 19.5 Å². The molecular formula is C15H23NO5. The number of nitrogens with one attached hydrogen (secondary N) is 1. The molecule has 6 nitrogen and oxygen atoms in total. The predicted octanol–water partition coefficient (Wildman–Crippen LogP) is 1.60. The van der Waals surface area contributed by atoms with E-state index in [1.807, 2.05) is 6.92 Å². The molecule has 0 spiro atoms. The van der Waals surface area contributed by atoms with Crippen LogP contribution in [-0.2, 0) is 0 Å². The maximum atomic E-state index is 12.2. The van der Waals surface area contributed by atoms with Crippen molar-refractivity contribution in [3.63, 3.8) is 0 Å². The number of aliphatic hydroxyl groups is 1. The number of hydrogen-bond donors (Lipinski definition) is 2. The van der Waals surface area contributed by atoms with E-state index in [4.69, 9.17) is 14.2 Å². The zero-order valence-electron chi connectivity index (χ0n) is 13.1. The number of amides is 1. The van der Waals surface area contributed by atoms with Gasteiger partial charge >= 0.3 is 0 Å². The number of carbonyl (C=O) groups excluding carboxylic acids is 1. The van der Waals surface area contributed by atoms with E-state index in [0.717, 1.165) is 0 Å². The Kier molecular flexibility index (Phi) is 5.84. The van der Waals surface area contributed by atoms with Crippen molar-refractivity contribution in [2.24, 2.45) is 0 Å². The first-order chi connectivity index (χ1) is 9.88. The van der Waals surface area contributed by atoms with Gasteiger partial charge in [-0.25, -0.2) is 0 Å². The molecule has 1 unspecified atom stereocenters. The lowest BCUT2D eigenvalue weighted by Gasteiger charge is -2.21. The van der Waals surface area contributed by atoms with E-state index in [0.29, 0.717) is 29.2 Å². The van der Waals surface area contributed by atoms with Gasteiger partial charge in [0, 0.05) is 12.1 Å². The Balaban J connectivity index is 3.00. The van der Waals surface area contributed by atoms with Gasteiger partial charge in [0.05, 0.1) is 26.9 Å². The fraction of sp³-hybridized carbons (Fsp3) is 0.533. The minimum atomic E-state index is -0.934. The summed E-state index contributed by atoms with van der Waals surface area (Å²) in [6.45, 7) is 3.69. The third-order valence-electron chi connectivity index (χ3n) is 3.32. The van der Waals surface area contributed by atoms with Gasteiger partial charge < -0.3 is 24.6 Å². The van der Waals surface area contributed by atoms with Gasteiger partial charge in [-0.2, -0.15) is 0 Å². The SMILES string of the molecule is CCC(C)(O)CNC(=O)c1cc(OC)c(OC)c(OC)c1. The molecule has 6 heteroatoms. The molecule has 0 heterocycles. The van der Waals surface area contributed by atoms with Crippen molar-refractivity contribution < 1.29 is 24.1 Å². The van der Waals surface area contributed by atoms with Crippen LogP contribution in [0.3, 0.4) is 0 Å². The van der Waals surface area contributed by atoms with Gasteiger partial charge in [0.1, 0.15) is 0 Å². The Morgan fingerprint density at radius 1 is 1.19 bits per heavy atom. The molecule has 0 aliphatic heterocycles. The Morgan fingerprint density at radius 2 is 1.71 bits per heavy atom. The monoisotopic (exact) mass is 297 g/mol. The van der Waals surface area contributed by atoms with E-state index >= 15 is 0 Å². The molecule has 1 rings (SSSR count). The highest BCUT2D eigenvalue weighted by Crippen LogP contribution is 2.38. The first-order valence-corrected chi connectivity index (χ1v) is 6.69. The van der Waals surface area contributed by atoms with Crippen LogP contribution in [0.25, 0.3) is 0 Å². The topological polar surface area (TPSA) is 77.0 Å². The molecule has 0 radical (unpaired) electrons. The lowest BCUT2D eigenvalue weighted by molar-refractivity contribution is 0.0518. The van der Waals surface area contributed by atoms with Gasteiger partial charge in [-0.05, 0) is 25.5 Å². The summed E-state index contributed by atoms with van der Waals surface area (Å²) >= 11 is 0. The maximum Gasteiger partial charge on any atom is 0.251 e. The molecule has 0 fully saturated rings. The van der Waals surface area contributed by atoms with Crippen LogP contribution in [0.2, 0.25) is 0 Å². The van der Waals surface area contributed by atoms with Crippen molar-refractivity contribution in [1.82, 2.24) is 5.32 Å². The van der Waals surface area contributed by atoms with E-state index in [1.165, 1.54) is 21.3 Å². The molecule has 1 aromatic carbocycles. The van der Waals surface area contributed by atoms with Crippen molar-refractivity contribution in [2.45, 2.75) is 25.9 Å². The standard InChI is InChI=1S/C15H23NO5/c1-6-15(2,18)9-16-14(17)10-7-11(19-3)13(21-5)12(8-10)20-4/h7-8,18H,6,9H2,1-5H3,(H,16,17). The third-order valence-corrected chi connectivity index (χ3v) is 3.32. The summed E-state index contributed by atoms with van der Waals surface area (Å²) in [7, 11) is 4.47. The van der Waals surface area contributed by atoms with Crippen molar-refractivity contribution in [3.05, 3.63) is 17.7 Å². The Morgan fingerprint density at radius 3 is 2.10 bits per heavy atom. The molecule has 0 aromatic heterocycles. The highest BCUT2D eigenvalue weighted by Gasteiger charge is 2.21. The number of methoxy groups -OCH3 is 3. The van der Waals surface area contributed by atoms with Crippen LogP contribution >= 0.6 is 0 Å². The van der Waals surface area contributed by atoms with Crippen LogP contribution in [0, 0.1) is 0 Å². The molecule has 1 atom stereocenters. The van der Waals surface area contributed by atoms with Crippen LogP contribution in [0.15, 0.2) is 12.1 Å². The Hall–Kier alpha value is -1.95. The van der Waals surface area contributed by atoms with Crippen LogP contribution in [0.4, 0.5) is 0 Å². The van der Waals surface area contributed by atoms with E-state index in [-0.39, 0.29) is 12.5 Å². The van der Waals surface area contributed by atoms with E-state index < -0.39 is 5.60 Å². The van der Waals surface area contributed by atoms with Gasteiger partial charge in [0.15, 0.2) is 11.5 Å². The number of rotatable bonds is 7. The van der Waals surface area contributed by atoms with Gasteiger partial charge in [-0.3, -0.25) is 4.79 Å². The molecule has 1 amide bonds. The summed E-state index contributed by atoms with van der Waals surface area (Å²) in [5.74, 6) is 0.925. The molecule has 0 aliphatic carbocycles. The second-order valence-electron chi connectivity index (χ2n) is 4.95. The van der Waals surface area contributed by atoms with Gasteiger partial charge in [0.2, 0.25) is 5.75 Å². The molecule has 0 saturated heterocycles. The number of hydrogen-bond acceptors (Lipinski definition) is 5. The lowest BCUT2D eigenvalue weighted by Crippen LogP contribution is -2.40. The summed E-state index contributed by atoms with van der Waals surface area (Å²) in [6, 6.07) is 3.13. The third kappa shape index (κ3) is 4.26. The summed E-state index contributed by atoms with van der Waals surface area (Å²) < 4.78 is 15.6.